The number of rotatable bonds is 6. The molecular formula is C27H22ClFN6O4. The molecule has 12 heteroatoms. The fraction of sp³-hybridized carbons (Fsp3) is 0.148. The number of amides is 2. The van der Waals surface area contributed by atoms with E-state index in [-0.39, 0.29) is 46.6 Å². The topological polar surface area (TPSA) is 158 Å². The molecule has 1 fully saturated rings. The Kier molecular flexibility index (Phi) is 7.78. The van der Waals surface area contributed by atoms with Crippen molar-refractivity contribution >= 4 is 35.7 Å². The van der Waals surface area contributed by atoms with E-state index in [1.807, 2.05) is 17.0 Å². The molecule has 5 rings (SSSR count). The van der Waals surface area contributed by atoms with Gasteiger partial charge in [-0.05, 0) is 48.7 Å². The van der Waals surface area contributed by atoms with E-state index in [0.717, 1.165) is 18.2 Å². The average Bonchev–Trinajstić information content (AvgIpc) is 3.61. The number of pyridine rings is 1. The summed E-state index contributed by atoms with van der Waals surface area (Å²) in [6.07, 6.45) is 2.75. The molecule has 1 aliphatic heterocycles. The van der Waals surface area contributed by atoms with Gasteiger partial charge in [0.05, 0.1) is 11.9 Å². The Morgan fingerprint density at radius 3 is 2.69 bits per heavy atom. The molecule has 2 aromatic carbocycles. The number of hydrogen-bond acceptors (Lipinski definition) is 8. The zero-order valence-electron chi connectivity index (χ0n) is 20.3. The van der Waals surface area contributed by atoms with Crippen LogP contribution in [0.1, 0.15) is 29.0 Å². The smallest absolute Gasteiger partial charge is 0.295 e. The maximum atomic E-state index is 13.7. The molecule has 3 heterocycles. The van der Waals surface area contributed by atoms with Crippen molar-refractivity contribution in [3.63, 3.8) is 0 Å². The highest BCUT2D eigenvalue weighted by atomic mass is 35.5. The second-order valence-electron chi connectivity index (χ2n) is 8.69. The fourth-order valence-electron chi connectivity index (χ4n) is 4.56. The summed E-state index contributed by atoms with van der Waals surface area (Å²) in [7, 11) is 0. The summed E-state index contributed by atoms with van der Waals surface area (Å²) >= 11 is 0. The molecule has 10 nitrogen and oxygen atoms in total. The van der Waals surface area contributed by atoms with E-state index >= 15 is 0 Å². The molecule has 1 aliphatic rings. The predicted molar refractivity (Wildman–Crippen MR) is 143 cm³/mol. The molecule has 2 aromatic heterocycles. The number of phenolic OH excluding ortho intramolecular Hbond substituents is 1. The maximum Gasteiger partial charge on any atom is 0.295 e. The number of carbonyl (C=O) groups excluding carboxylic acids is 2. The van der Waals surface area contributed by atoms with Gasteiger partial charge in [0.15, 0.2) is 5.82 Å². The number of aromatic hydroxyl groups is 1. The minimum atomic E-state index is -0.687. The first-order chi connectivity index (χ1) is 18.4. The quantitative estimate of drug-likeness (QED) is 0.322. The number of primary amides is 1. The van der Waals surface area contributed by atoms with Crippen molar-refractivity contribution in [2.75, 3.05) is 16.8 Å². The van der Waals surface area contributed by atoms with Gasteiger partial charge in [0, 0.05) is 35.5 Å². The number of carbonyl (C=O) groups is 2. The van der Waals surface area contributed by atoms with Crippen molar-refractivity contribution in [1.29, 1.82) is 5.26 Å². The third-order valence-electron chi connectivity index (χ3n) is 6.33. The van der Waals surface area contributed by atoms with E-state index in [9.17, 15) is 24.3 Å². The molecule has 0 bridgehead atoms. The van der Waals surface area contributed by atoms with E-state index in [1.54, 1.807) is 18.2 Å². The molecule has 2 amide bonds. The fourth-order valence-corrected chi connectivity index (χ4v) is 4.56. The zero-order chi connectivity index (χ0) is 26.8. The highest BCUT2D eigenvalue weighted by Gasteiger charge is 2.29. The second-order valence-corrected chi connectivity index (χ2v) is 8.69. The minimum Gasteiger partial charge on any atom is -0.507 e. The summed E-state index contributed by atoms with van der Waals surface area (Å²) in [6, 6.07) is 15.3. The van der Waals surface area contributed by atoms with Crippen LogP contribution in [0.4, 0.5) is 15.9 Å². The van der Waals surface area contributed by atoms with Gasteiger partial charge >= 0.3 is 0 Å². The van der Waals surface area contributed by atoms with Crippen molar-refractivity contribution in [3.8, 4) is 34.2 Å². The number of benzene rings is 2. The lowest BCUT2D eigenvalue weighted by Gasteiger charge is -2.25. The summed E-state index contributed by atoms with van der Waals surface area (Å²) < 4.78 is 18.6. The summed E-state index contributed by atoms with van der Waals surface area (Å²) in [5.41, 5.74) is 7.75. The zero-order valence-corrected chi connectivity index (χ0v) is 21.1. The Labute approximate surface area is 228 Å². The predicted octanol–water partition coefficient (Wildman–Crippen LogP) is 4.25. The maximum absolute atomic E-state index is 13.7. The molecule has 4 N–H and O–H groups in total. The number of anilines is 2. The first-order valence-electron chi connectivity index (χ1n) is 11.7. The van der Waals surface area contributed by atoms with E-state index < -0.39 is 23.7 Å². The van der Waals surface area contributed by atoms with Crippen molar-refractivity contribution in [3.05, 3.63) is 77.9 Å². The SMILES string of the molecule is Cl.N#Cc1c(-c2cccc(N3CCC[C@@H]3C(N)=O)c2)cc(-c2ccc(F)cc2O)nc1NC(=O)c1ccno1. The van der Waals surface area contributed by atoms with E-state index in [4.69, 9.17) is 10.3 Å². The standard InChI is InChI=1S/C27H21FN6O4.ClH/c28-16-6-7-18(23(35)12-16)21-13-19(20(14-29)26(32-21)33-27(37)24-8-9-31-38-24)15-3-1-4-17(11-15)34-10-2-5-22(34)25(30)36;/h1,3-4,6-9,11-13,22,35H,2,5,10H2,(H2,30,36)(H,32,33,37);1H/t22-;/m1./s1. The third kappa shape index (κ3) is 5.37. The molecule has 4 aromatic rings. The number of nitrogens with two attached hydrogens (primary N) is 1. The van der Waals surface area contributed by atoms with Gasteiger partial charge in [-0.2, -0.15) is 5.26 Å². The number of phenols is 1. The first-order valence-corrected chi connectivity index (χ1v) is 11.7. The highest BCUT2D eigenvalue weighted by Crippen LogP contribution is 2.37. The van der Waals surface area contributed by atoms with Crippen LogP contribution < -0.4 is 16.0 Å². The molecule has 0 radical (unpaired) electrons. The van der Waals surface area contributed by atoms with Crippen molar-refractivity contribution in [2.24, 2.45) is 5.73 Å². The Bertz CT molecular complexity index is 1590. The second kappa shape index (κ2) is 11.2. The minimum absolute atomic E-state index is 0. The number of nitrogens with zero attached hydrogens (tertiary/aromatic N) is 4. The Morgan fingerprint density at radius 2 is 2.00 bits per heavy atom. The highest BCUT2D eigenvalue weighted by molar-refractivity contribution is 6.03. The molecule has 0 spiro atoms. The van der Waals surface area contributed by atoms with Crippen LogP contribution in [0.25, 0.3) is 22.4 Å². The molecule has 0 saturated carbocycles. The van der Waals surface area contributed by atoms with E-state index in [0.29, 0.717) is 24.1 Å². The van der Waals surface area contributed by atoms with Gasteiger partial charge in [0.2, 0.25) is 11.7 Å². The van der Waals surface area contributed by atoms with Crippen LogP contribution in [-0.2, 0) is 4.79 Å². The Balaban J connectivity index is 0.00000353. The first kappa shape index (κ1) is 27.1. The van der Waals surface area contributed by atoms with Crippen molar-refractivity contribution in [1.82, 2.24) is 10.1 Å². The lowest BCUT2D eigenvalue weighted by atomic mass is 9.97. The van der Waals surface area contributed by atoms with E-state index in [1.165, 1.54) is 24.4 Å². The number of halogens is 2. The van der Waals surface area contributed by atoms with E-state index in [2.05, 4.69) is 21.5 Å². The van der Waals surface area contributed by atoms with Crippen LogP contribution in [0.2, 0.25) is 0 Å². The van der Waals surface area contributed by atoms with Gasteiger partial charge in [-0.1, -0.05) is 17.3 Å². The Hall–Kier alpha value is -4.95. The number of aromatic nitrogens is 2. The van der Waals surface area contributed by atoms with Gasteiger partial charge in [0.1, 0.15) is 29.2 Å². The number of nitriles is 1. The van der Waals surface area contributed by atoms with Gasteiger partial charge in [-0.3, -0.25) is 9.59 Å². The Morgan fingerprint density at radius 1 is 1.18 bits per heavy atom. The number of hydrogen-bond donors (Lipinski definition) is 3. The normalized spacial score (nSPS) is 14.4. The summed E-state index contributed by atoms with van der Waals surface area (Å²) in [5.74, 6) is -2.29. The molecule has 0 aliphatic carbocycles. The molecule has 198 valence electrons. The molecular weight excluding hydrogens is 527 g/mol. The average molecular weight is 549 g/mol. The lowest BCUT2D eigenvalue weighted by Crippen LogP contribution is -2.40. The number of nitrogens with one attached hydrogen (secondary N) is 1. The van der Waals surface area contributed by atoms with Crippen LogP contribution in [0.15, 0.2) is 65.3 Å². The van der Waals surface area contributed by atoms with Crippen molar-refractivity contribution < 1.29 is 23.6 Å². The van der Waals surface area contributed by atoms with Crippen LogP contribution in [0, 0.1) is 17.1 Å². The molecule has 0 unspecified atom stereocenters. The monoisotopic (exact) mass is 548 g/mol. The summed E-state index contributed by atoms with van der Waals surface area (Å²) in [5, 5.41) is 26.6. The summed E-state index contributed by atoms with van der Waals surface area (Å²) in [4.78, 5) is 31.0. The van der Waals surface area contributed by atoms with Crippen LogP contribution >= 0.6 is 12.4 Å². The van der Waals surface area contributed by atoms with Gasteiger partial charge < -0.3 is 25.6 Å². The largest absolute Gasteiger partial charge is 0.507 e. The third-order valence-corrected chi connectivity index (χ3v) is 6.33. The molecule has 1 saturated heterocycles. The van der Waals surface area contributed by atoms with Crippen LogP contribution in [0.5, 0.6) is 5.75 Å². The molecule has 1 atom stereocenters. The van der Waals surface area contributed by atoms with Crippen molar-refractivity contribution in [2.45, 2.75) is 18.9 Å². The van der Waals surface area contributed by atoms with Crippen LogP contribution in [-0.4, -0.2) is 39.6 Å². The van der Waals surface area contributed by atoms with Gasteiger partial charge in [0.25, 0.3) is 5.91 Å². The summed E-state index contributed by atoms with van der Waals surface area (Å²) in [6.45, 7) is 0.645. The van der Waals surface area contributed by atoms with Crippen LogP contribution in [0.3, 0.4) is 0 Å². The lowest BCUT2D eigenvalue weighted by molar-refractivity contribution is -0.119. The van der Waals surface area contributed by atoms with Gasteiger partial charge in [-0.15, -0.1) is 12.4 Å². The molecule has 39 heavy (non-hydrogen) atoms. The van der Waals surface area contributed by atoms with Gasteiger partial charge in [-0.25, -0.2) is 9.37 Å².